The van der Waals surface area contributed by atoms with Crippen molar-refractivity contribution in [3.63, 3.8) is 0 Å². The van der Waals surface area contributed by atoms with Gasteiger partial charge in [0.2, 0.25) is 5.91 Å². The molecule has 92 valence electrons. The van der Waals surface area contributed by atoms with E-state index < -0.39 is 12.0 Å². The minimum Gasteiger partial charge on any atom is -0.480 e. The standard InChI is InChI=1S/C11H20N2O3/c1-5-6-13(7-10(14)15)9(4)11(16)12-8(2)3/h5,8-9H,1,6-7H2,2-4H3,(H,12,16)(H,14,15). The van der Waals surface area contributed by atoms with E-state index in [0.29, 0.717) is 6.54 Å². The first-order chi connectivity index (χ1) is 7.38. The van der Waals surface area contributed by atoms with E-state index in [4.69, 9.17) is 5.11 Å². The lowest BCUT2D eigenvalue weighted by Gasteiger charge is -2.26. The molecule has 2 N–H and O–H groups in total. The summed E-state index contributed by atoms with van der Waals surface area (Å²) < 4.78 is 0. The molecular formula is C11H20N2O3. The third kappa shape index (κ3) is 5.50. The highest BCUT2D eigenvalue weighted by Gasteiger charge is 2.22. The van der Waals surface area contributed by atoms with Crippen molar-refractivity contribution in [2.45, 2.75) is 32.9 Å². The molecule has 0 aliphatic carbocycles. The van der Waals surface area contributed by atoms with Crippen LogP contribution in [-0.2, 0) is 9.59 Å². The number of hydrogen-bond acceptors (Lipinski definition) is 3. The predicted molar refractivity (Wildman–Crippen MR) is 62.1 cm³/mol. The van der Waals surface area contributed by atoms with Crippen molar-refractivity contribution in [3.05, 3.63) is 12.7 Å². The number of nitrogens with one attached hydrogen (secondary N) is 1. The van der Waals surface area contributed by atoms with Crippen molar-refractivity contribution < 1.29 is 14.7 Å². The molecule has 0 saturated heterocycles. The van der Waals surface area contributed by atoms with Crippen LogP contribution in [0.15, 0.2) is 12.7 Å². The van der Waals surface area contributed by atoms with E-state index in [-0.39, 0.29) is 18.5 Å². The van der Waals surface area contributed by atoms with Gasteiger partial charge in [-0.2, -0.15) is 0 Å². The van der Waals surface area contributed by atoms with Crippen LogP contribution < -0.4 is 5.32 Å². The van der Waals surface area contributed by atoms with Gasteiger partial charge in [0.1, 0.15) is 0 Å². The molecular weight excluding hydrogens is 208 g/mol. The number of carboxylic acids is 1. The van der Waals surface area contributed by atoms with Gasteiger partial charge < -0.3 is 10.4 Å². The number of rotatable bonds is 7. The van der Waals surface area contributed by atoms with Gasteiger partial charge in [-0.15, -0.1) is 6.58 Å². The summed E-state index contributed by atoms with van der Waals surface area (Å²) in [5.41, 5.74) is 0. The Morgan fingerprint density at radius 1 is 1.44 bits per heavy atom. The summed E-state index contributed by atoms with van der Waals surface area (Å²) in [5, 5.41) is 11.5. The number of carbonyl (C=O) groups is 2. The highest BCUT2D eigenvalue weighted by atomic mass is 16.4. The second kappa shape index (κ2) is 7.00. The third-order valence-corrected chi connectivity index (χ3v) is 2.06. The van der Waals surface area contributed by atoms with Crippen LogP contribution in [0.3, 0.4) is 0 Å². The van der Waals surface area contributed by atoms with Gasteiger partial charge in [-0.05, 0) is 20.8 Å². The van der Waals surface area contributed by atoms with Gasteiger partial charge in [-0.25, -0.2) is 0 Å². The molecule has 1 amide bonds. The Bertz CT molecular complexity index is 264. The van der Waals surface area contributed by atoms with Gasteiger partial charge in [-0.1, -0.05) is 6.08 Å². The Hall–Kier alpha value is -1.36. The number of hydrogen-bond donors (Lipinski definition) is 2. The zero-order chi connectivity index (χ0) is 12.7. The van der Waals surface area contributed by atoms with E-state index in [1.54, 1.807) is 17.9 Å². The average molecular weight is 228 g/mol. The van der Waals surface area contributed by atoms with Crippen LogP contribution in [0, 0.1) is 0 Å². The predicted octanol–water partition coefficient (Wildman–Crippen LogP) is 0.472. The van der Waals surface area contributed by atoms with Crippen molar-refractivity contribution in [2.24, 2.45) is 0 Å². The van der Waals surface area contributed by atoms with Gasteiger partial charge in [0.25, 0.3) is 0 Å². The molecule has 0 rings (SSSR count). The molecule has 0 radical (unpaired) electrons. The van der Waals surface area contributed by atoms with Crippen LogP contribution in [0.1, 0.15) is 20.8 Å². The van der Waals surface area contributed by atoms with Crippen molar-refractivity contribution in [1.29, 1.82) is 0 Å². The van der Waals surface area contributed by atoms with Crippen LogP contribution in [0.2, 0.25) is 0 Å². The van der Waals surface area contributed by atoms with Gasteiger partial charge in [0.15, 0.2) is 0 Å². The molecule has 0 saturated carbocycles. The second-order valence-electron chi connectivity index (χ2n) is 3.95. The summed E-state index contributed by atoms with van der Waals surface area (Å²) in [7, 11) is 0. The number of amides is 1. The third-order valence-electron chi connectivity index (χ3n) is 2.06. The van der Waals surface area contributed by atoms with Crippen LogP contribution in [-0.4, -0.2) is 47.1 Å². The largest absolute Gasteiger partial charge is 0.480 e. The fraction of sp³-hybridized carbons (Fsp3) is 0.636. The fourth-order valence-electron chi connectivity index (χ4n) is 1.27. The normalized spacial score (nSPS) is 12.6. The van der Waals surface area contributed by atoms with Crippen molar-refractivity contribution >= 4 is 11.9 Å². The van der Waals surface area contributed by atoms with E-state index in [9.17, 15) is 9.59 Å². The lowest BCUT2D eigenvalue weighted by atomic mass is 10.2. The number of aliphatic carboxylic acids is 1. The van der Waals surface area contributed by atoms with E-state index in [0.717, 1.165) is 0 Å². The molecule has 0 aromatic carbocycles. The highest BCUT2D eigenvalue weighted by molar-refractivity contribution is 5.82. The lowest BCUT2D eigenvalue weighted by Crippen LogP contribution is -2.48. The van der Waals surface area contributed by atoms with Crippen molar-refractivity contribution in [2.75, 3.05) is 13.1 Å². The molecule has 0 bridgehead atoms. The molecule has 0 spiro atoms. The lowest BCUT2D eigenvalue weighted by molar-refractivity contribution is -0.139. The summed E-state index contributed by atoms with van der Waals surface area (Å²) in [6.07, 6.45) is 1.59. The number of nitrogens with zero attached hydrogens (tertiary/aromatic N) is 1. The maximum absolute atomic E-state index is 11.7. The Morgan fingerprint density at radius 2 is 2.00 bits per heavy atom. The Balaban J connectivity index is 4.46. The minimum atomic E-state index is -0.953. The highest BCUT2D eigenvalue weighted by Crippen LogP contribution is 2.00. The van der Waals surface area contributed by atoms with E-state index in [2.05, 4.69) is 11.9 Å². The summed E-state index contributed by atoms with van der Waals surface area (Å²) >= 11 is 0. The Kier molecular flexibility index (Phi) is 6.41. The molecule has 16 heavy (non-hydrogen) atoms. The number of carbonyl (C=O) groups excluding carboxylic acids is 1. The smallest absolute Gasteiger partial charge is 0.317 e. The first-order valence-electron chi connectivity index (χ1n) is 5.25. The second-order valence-corrected chi connectivity index (χ2v) is 3.95. The molecule has 0 aliphatic rings. The monoisotopic (exact) mass is 228 g/mol. The van der Waals surface area contributed by atoms with Gasteiger partial charge >= 0.3 is 5.97 Å². The van der Waals surface area contributed by atoms with E-state index in [1.165, 1.54) is 0 Å². The molecule has 0 aromatic heterocycles. The maximum Gasteiger partial charge on any atom is 0.317 e. The van der Waals surface area contributed by atoms with Gasteiger partial charge in [-0.3, -0.25) is 14.5 Å². The SMILES string of the molecule is C=CCN(CC(=O)O)C(C)C(=O)NC(C)C. The molecule has 5 nitrogen and oxygen atoms in total. The Labute approximate surface area is 96.1 Å². The molecule has 0 fully saturated rings. The molecule has 5 heteroatoms. The van der Waals surface area contributed by atoms with Crippen LogP contribution in [0.25, 0.3) is 0 Å². The minimum absolute atomic E-state index is 0.0466. The van der Waals surface area contributed by atoms with E-state index >= 15 is 0 Å². The topological polar surface area (TPSA) is 69.6 Å². The summed E-state index contributed by atoms with van der Waals surface area (Å²) in [6, 6.07) is -0.429. The average Bonchev–Trinajstić information content (AvgIpc) is 2.14. The molecule has 0 aliphatic heterocycles. The molecule has 1 unspecified atom stereocenters. The molecule has 1 atom stereocenters. The first kappa shape index (κ1) is 14.6. The summed E-state index contributed by atoms with van der Waals surface area (Å²) in [6.45, 7) is 9.16. The van der Waals surface area contributed by atoms with Gasteiger partial charge in [0, 0.05) is 12.6 Å². The van der Waals surface area contributed by atoms with Crippen LogP contribution in [0.4, 0.5) is 0 Å². The maximum atomic E-state index is 11.7. The zero-order valence-corrected chi connectivity index (χ0v) is 10.1. The van der Waals surface area contributed by atoms with Crippen LogP contribution in [0.5, 0.6) is 0 Å². The number of carboxylic acid groups (broad SMARTS) is 1. The fourth-order valence-corrected chi connectivity index (χ4v) is 1.27. The molecule has 0 heterocycles. The van der Waals surface area contributed by atoms with Crippen LogP contribution >= 0.6 is 0 Å². The quantitative estimate of drug-likeness (QED) is 0.622. The van der Waals surface area contributed by atoms with Gasteiger partial charge in [0.05, 0.1) is 12.6 Å². The zero-order valence-electron chi connectivity index (χ0n) is 10.1. The summed E-state index contributed by atoms with van der Waals surface area (Å²) in [5.74, 6) is -1.12. The Morgan fingerprint density at radius 3 is 2.38 bits per heavy atom. The van der Waals surface area contributed by atoms with E-state index in [1.807, 2.05) is 13.8 Å². The summed E-state index contributed by atoms with van der Waals surface area (Å²) in [4.78, 5) is 23.8. The first-order valence-corrected chi connectivity index (χ1v) is 5.25. The molecule has 0 aromatic rings. The van der Waals surface area contributed by atoms with Crippen molar-refractivity contribution in [1.82, 2.24) is 10.2 Å². The van der Waals surface area contributed by atoms with Crippen molar-refractivity contribution in [3.8, 4) is 0 Å².